The molecule has 186 valence electrons. The smallest absolute Gasteiger partial charge is 0.295 e. The summed E-state index contributed by atoms with van der Waals surface area (Å²) in [5.41, 5.74) is 1.37. The van der Waals surface area contributed by atoms with E-state index in [9.17, 15) is 14.7 Å². The zero-order valence-electron chi connectivity index (χ0n) is 19.9. The van der Waals surface area contributed by atoms with Crippen molar-refractivity contribution in [3.05, 3.63) is 68.8 Å². The van der Waals surface area contributed by atoms with Crippen molar-refractivity contribution in [3.63, 3.8) is 0 Å². The first-order chi connectivity index (χ1) is 17.0. The first-order valence-corrected chi connectivity index (χ1v) is 13.1. The van der Waals surface area contributed by atoms with E-state index < -0.39 is 17.7 Å². The van der Waals surface area contributed by atoms with Crippen molar-refractivity contribution in [2.75, 3.05) is 46.0 Å². The summed E-state index contributed by atoms with van der Waals surface area (Å²) in [7, 11) is 0. The van der Waals surface area contributed by atoms with E-state index in [4.69, 9.17) is 9.47 Å². The van der Waals surface area contributed by atoms with Gasteiger partial charge in [0.15, 0.2) is 0 Å². The first kappa shape index (κ1) is 25.7. The molecule has 1 amide bonds. The van der Waals surface area contributed by atoms with Gasteiger partial charge in [0, 0.05) is 35.3 Å². The summed E-state index contributed by atoms with van der Waals surface area (Å²) < 4.78 is 12.3. The fourth-order valence-corrected chi connectivity index (χ4v) is 4.76. The Bertz CT molecular complexity index is 1080. The minimum atomic E-state index is -0.662. The van der Waals surface area contributed by atoms with Gasteiger partial charge in [-0.15, -0.1) is 0 Å². The predicted molar refractivity (Wildman–Crippen MR) is 142 cm³/mol. The second-order valence-corrected chi connectivity index (χ2v) is 9.97. The normalized spacial score (nSPS) is 20.4. The number of likely N-dealkylation sites (tertiary alicyclic amines) is 1. The number of nitrogens with zero attached hydrogens (tertiary/aromatic N) is 2. The number of hydrogen-bond acceptors (Lipinski definition) is 6. The number of benzene rings is 2. The van der Waals surface area contributed by atoms with E-state index >= 15 is 0 Å². The van der Waals surface area contributed by atoms with Gasteiger partial charge in [-0.05, 0) is 58.8 Å². The summed E-state index contributed by atoms with van der Waals surface area (Å²) in [6.07, 6.45) is 1.95. The molecule has 4 rings (SSSR count). The molecule has 2 aromatic rings. The van der Waals surface area contributed by atoms with Crippen LogP contribution in [-0.4, -0.2) is 72.6 Å². The first-order valence-electron chi connectivity index (χ1n) is 12.1. The monoisotopic (exact) mass is 590 g/mol. The van der Waals surface area contributed by atoms with Crippen LogP contribution in [0.1, 0.15) is 36.9 Å². The van der Waals surface area contributed by atoms with E-state index in [0.717, 1.165) is 35.1 Å². The van der Waals surface area contributed by atoms with Gasteiger partial charge in [-0.2, -0.15) is 0 Å². The molecule has 2 aliphatic heterocycles. The van der Waals surface area contributed by atoms with Gasteiger partial charge in [-0.3, -0.25) is 14.5 Å². The molecular formula is C27H31IN2O5. The summed E-state index contributed by atoms with van der Waals surface area (Å²) >= 11 is 2.22. The molecule has 2 saturated heterocycles. The third kappa shape index (κ3) is 6.05. The number of carbonyl (C=O) groups is 2. The van der Waals surface area contributed by atoms with Gasteiger partial charge >= 0.3 is 0 Å². The van der Waals surface area contributed by atoms with Gasteiger partial charge in [-0.25, -0.2) is 0 Å². The van der Waals surface area contributed by atoms with Crippen LogP contribution in [0.5, 0.6) is 5.75 Å². The maximum atomic E-state index is 13.3. The SMILES string of the molecule is CCCCOc1cccc(C(O)=C2C(=O)C(=O)N(CCN3CCOCC3)C2c2ccc(I)cc2)c1. The van der Waals surface area contributed by atoms with Crippen molar-refractivity contribution in [1.82, 2.24) is 9.80 Å². The Labute approximate surface area is 219 Å². The van der Waals surface area contributed by atoms with Crippen LogP contribution in [0, 0.1) is 3.57 Å². The number of rotatable bonds is 9. The zero-order valence-corrected chi connectivity index (χ0v) is 22.1. The summed E-state index contributed by atoms with van der Waals surface area (Å²) in [6.45, 7) is 6.61. The highest BCUT2D eigenvalue weighted by atomic mass is 127. The van der Waals surface area contributed by atoms with Crippen molar-refractivity contribution in [2.24, 2.45) is 0 Å². The van der Waals surface area contributed by atoms with Crippen molar-refractivity contribution >= 4 is 40.0 Å². The molecule has 0 radical (unpaired) electrons. The molecule has 1 atom stereocenters. The highest BCUT2D eigenvalue weighted by Gasteiger charge is 2.46. The molecule has 7 nitrogen and oxygen atoms in total. The van der Waals surface area contributed by atoms with Crippen LogP contribution in [0.25, 0.3) is 5.76 Å². The van der Waals surface area contributed by atoms with E-state index in [-0.39, 0.29) is 11.3 Å². The van der Waals surface area contributed by atoms with Crippen molar-refractivity contribution in [2.45, 2.75) is 25.8 Å². The minimum absolute atomic E-state index is 0.115. The van der Waals surface area contributed by atoms with E-state index in [2.05, 4.69) is 34.4 Å². The zero-order chi connectivity index (χ0) is 24.8. The summed E-state index contributed by atoms with van der Waals surface area (Å²) in [5.74, 6) is -0.805. The lowest BCUT2D eigenvalue weighted by Gasteiger charge is -2.31. The largest absolute Gasteiger partial charge is 0.507 e. The molecule has 0 aromatic heterocycles. The van der Waals surface area contributed by atoms with Crippen LogP contribution in [-0.2, 0) is 14.3 Å². The third-order valence-corrected chi connectivity index (χ3v) is 7.08. The average molecular weight is 590 g/mol. The molecule has 1 N–H and O–H groups in total. The Balaban J connectivity index is 1.68. The summed E-state index contributed by atoms with van der Waals surface area (Å²) in [4.78, 5) is 30.2. The minimum Gasteiger partial charge on any atom is -0.507 e. The second-order valence-electron chi connectivity index (χ2n) is 8.73. The van der Waals surface area contributed by atoms with Crippen LogP contribution in [0.3, 0.4) is 0 Å². The second kappa shape index (κ2) is 12.0. The number of halogens is 1. The maximum absolute atomic E-state index is 13.3. The number of hydrogen-bond donors (Lipinski definition) is 1. The van der Waals surface area contributed by atoms with Crippen LogP contribution in [0.15, 0.2) is 54.1 Å². The average Bonchev–Trinajstić information content (AvgIpc) is 3.13. The molecule has 0 aliphatic carbocycles. The van der Waals surface area contributed by atoms with Gasteiger partial charge in [0.25, 0.3) is 11.7 Å². The van der Waals surface area contributed by atoms with E-state index in [1.165, 1.54) is 0 Å². The number of aliphatic hydroxyl groups is 1. The number of aliphatic hydroxyl groups excluding tert-OH is 1. The van der Waals surface area contributed by atoms with Crippen LogP contribution in [0.4, 0.5) is 0 Å². The molecule has 1 unspecified atom stereocenters. The van der Waals surface area contributed by atoms with Gasteiger partial charge in [0.05, 0.1) is 31.4 Å². The highest BCUT2D eigenvalue weighted by Crippen LogP contribution is 2.39. The number of ketones is 1. The van der Waals surface area contributed by atoms with Crippen LogP contribution < -0.4 is 4.74 Å². The van der Waals surface area contributed by atoms with E-state index in [0.29, 0.717) is 44.2 Å². The highest BCUT2D eigenvalue weighted by molar-refractivity contribution is 14.1. The standard InChI is InChI=1S/C27H31IN2O5/c1-2-3-15-35-22-6-4-5-20(18-22)25(31)23-24(19-7-9-21(28)10-8-19)30(27(33)26(23)32)12-11-29-13-16-34-17-14-29/h4-10,18,24,31H,2-3,11-17H2,1H3. The van der Waals surface area contributed by atoms with Crippen LogP contribution >= 0.6 is 22.6 Å². The van der Waals surface area contributed by atoms with Crippen molar-refractivity contribution < 1.29 is 24.2 Å². The fraction of sp³-hybridized carbons (Fsp3) is 0.407. The molecular weight excluding hydrogens is 559 g/mol. The lowest BCUT2D eigenvalue weighted by molar-refractivity contribution is -0.140. The van der Waals surface area contributed by atoms with Gasteiger partial charge in [0.2, 0.25) is 0 Å². The molecule has 0 bridgehead atoms. The van der Waals surface area contributed by atoms with Crippen molar-refractivity contribution in [1.29, 1.82) is 0 Å². The molecule has 35 heavy (non-hydrogen) atoms. The van der Waals surface area contributed by atoms with Gasteiger partial charge < -0.3 is 19.5 Å². The Morgan fingerprint density at radius 2 is 1.86 bits per heavy atom. The fourth-order valence-electron chi connectivity index (χ4n) is 4.40. The topological polar surface area (TPSA) is 79.3 Å². The lowest BCUT2D eigenvalue weighted by atomic mass is 9.95. The quantitative estimate of drug-likeness (QED) is 0.155. The number of carbonyl (C=O) groups excluding carboxylic acids is 2. The summed E-state index contributed by atoms with van der Waals surface area (Å²) in [5, 5.41) is 11.3. The maximum Gasteiger partial charge on any atom is 0.295 e. The molecule has 8 heteroatoms. The molecule has 2 fully saturated rings. The Hall–Kier alpha value is -2.43. The Morgan fingerprint density at radius 3 is 2.57 bits per heavy atom. The molecule has 0 saturated carbocycles. The van der Waals surface area contributed by atoms with E-state index in [1.54, 1.807) is 23.1 Å². The lowest BCUT2D eigenvalue weighted by Crippen LogP contribution is -2.42. The number of ether oxygens (including phenoxy) is 2. The molecule has 2 aromatic carbocycles. The van der Waals surface area contributed by atoms with Crippen molar-refractivity contribution in [3.8, 4) is 5.75 Å². The van der Waals surface area contributed by atoms with Gasteiger partial charge in [-0.1, -0.05) is 37.6 Å². The molecule has 2 heterocycles. The Kier molecular flexibility index (Phi) is 8.80. The number of amides is 1. The summed E-state index contributed by atoms with van der Waals surface area (Å²) in [6, 6.07) is 14.1. The van der Waals surface area contributed by atoms with Crippen LogP contribution in [0.2, 0.25) is 0 Å². The third-order valence-electron chi connectivity index (χ3n) is 6.36. The van der Waals surface area contributed by atoms with Gasteiger partial charge in [0.1, 0.15) is 11.5 Å². The predicted octanol–water partition coefficient (Wildman–Crippen LogP) is 4.22. The molecule has 0 spiro atoms. The number of morpholine rings is 1. The number of unbranched alkanes of at least 4 members (excludes halogenated alkanes) is 1. The van der Waals surface area contributed by atoms with E-state index in [1.807, 2.05) is 30.3 Å². The molecule has 2 aliphatic rings. The Morgan fingerprint density at radius 1 is 1.11 bits per heavy atom. The number of Topliss-reactive ketones (excluding diaryl/α,β-unsaturated/α-hetero) is 1.